The Labute approximate surface area is 181 Å². The number of piperidine rings is 1. The number of hydrogen-bond donors (Lipinski definition) is 1. The molecule has 0 saturated carbocycles. The topological polar surface area (TPSA) is 89.7 Å². The highest BCUT2D eigenvalue weighted by atomic mass is 16.5. The number of nitrogens with one attached hydrogen (secondary N) is 1. The van der Waals surface area contributed by atoms with Crippen molar-refractivity contribution in [1.29, 1.82) is 0 Å². The minimum Gasteiger partial charge on any atom is -0.497 e. The molecule has 0 radical (unpaired) electrons. The largest absolute Gasteiger partial charge is 0.497 e. The van der Waals surface area contributed by atoms with E-state index in [1.807, 2.05) is 32.0 Å². The molecule has 0 aliphatic carbocycles. The van der Waals surface area contributed by atoms with E-state index in [2.05, 4.69) is 20.2 Å². The van der Waals surface area contributed by atoms with Gasteiger partial charge in [-0.05, 0) is 38.8 Å². The first-order chi connectivity index (χ1) is 15.0. The molecule has 1 amide bonds. The lowest BCUT2D eigenvalue weighted by molar-refractivity contribution is -0.125. The van der Waals surface area contributed by atoms with E-state index < -0.39 is 0 Å². The summed E-state index contributed by atoms with van der Waals surface area (Å²) in [5.74, 6) is 3.02. The standard InChI is InChI=1S/C23H28N4O4/c1-14-15(2)31-23-20(14)21(25-13-26-23)27-9-5-6-17(12-27)22(28)24-11-16-7-8-18(29-3)10-19(16)30-4/h7-8,10,13,17H,5-6,9,11-12H2,1-4H3,(H,24,28). The number of fused-ring (bicyclic) bond motifs is 1. The molecule has 8 heteroatoms. The summed E-state index contributed by atoms with van der Waals surface area (Å²) in [7, 11) is 3.23. The first-order valence-electron chi connectivity index (χ1n) is 10.5. The Morgan fingerprint density at radius 1 is 1.26 bits per heavy atom. The van der Waals surface area contributed by atoms with Crippen molar-refractivity contribution in [2.45, 2.75) is 33.2 Å². The highest BCUT2D eigenvalue weighted by Crippen LogP contribution is 2.32. The van der Waals surface area contributed by atoms with E-state index in [0.717, 1.165) is 53.2 Å². The monoisotopic (exact) mass is 424 g/mol. The van der Waals surface area contributed by atoms with Crippen molar-refractivity contribution in [3.05, 3.63) is 41.4 Å². The van der Waals surface area contributed by atoms with Crippen LogP contribution in [0.25, 0.3) is 11.1 Å². The number of carbonyl (C=O) groups is 1. The van der Waals surface area contributed by atoms with E-state index in [1.165, 1.54) is 6.33 Å². The molecule has 1 aliphatic rings. The van der Waals surface area contributed by atoms with Crippen molar-refractivity contribution >= 4 is 22.8 Å². The van der Waals surface area contributed by atoms with Gasteiger partial charge in [-0.25, -0.2) is 9.97 Å². The Hall–Kier alpha value is -3.29. The molecule has 0 bridgehead atoms. The second kappa shape index (κ2) is 8.83. The van der Waals surface area contributed by atoms with Crippen LogP contribution in [0.3, 0.4) is 0 Å². The Balaban J connectivity index is 1.46. The molecular formula is C23H28N4O4. The van der Waals surface area contributed by atoms with Crippen LogP contribution >= 0.6 is 0 Å². The third-order valence-corrected chi connectivity index (χ3v) is 5.98. The molecule has 1 saturated heterocycles. The van der Waals surface area contributed by atoms with Crippen LogP contribution in [-0.2, 0) is 11.3 Å². The van der Waals surface area contributed by atoms with Gasteiger partial charge in [0.05, 0.1) is 25.5 Å². The quantitative estimate of drug-likeness (QED) is 0.649. The Morgan fingerprint density at radius 3 is 2.87 bits per heavy atom. The van der Waals surface area contributed by atoms with Crippen molar-refractivity contribution in [3.63, 3.8) is 0 Å². The molecule has 1 fully saturated rings. The fraction of sp³-hybridized carbons (Fsp3) is 0.435. The molecule has 164 valence electrons. The molecule has 1 N–H and O–H groups in total. The van der Waals surface area contributed by atoms with Crippen LogP contribution in [0.4, 0.5) is 5.82 Å². The zero-order valence-electron chi connectivity index (χ0n) is 18.4. The minimum absolute atomic E-state index is 0.0352. The molecule has 1 aromatic carbocycles. The molecule has 31 heavy (non-hydrogen) atoms. The summed E-state index contributed by atoms with van der Waals surface area (Å²) in [6, 6.07) is 5.59. The maximum absolute atomic E-state index is 13.0. The molecule has 0 spiro atoms. The number of furan rings is 1. The van der Waals surface area contributed by atoms with Gasteiger partial charge in [0.2, 0.25) is 11.6 Å². The second-order valence-electron chi connectivity index (χ2n) is 7.84. The van der Waals surface area contributed by atoms with E-state index in [4.69, 9.17) is 13.9 Å². The number of aryl methyl sites for hydroxylation is 2. The maximum atomic E-state index is 13.0. The van der Waals surface area contributed by atoms with Crippen molar-refractivity contribution < 1.29 is 18.7 Å². The molecule has 3 aromatic rings. The summed E-state index contributed by atoms with van der Waals surface area (Å²) in [5, 5.41) is 4.00. The lowest BCUT2D eigenvalue weighted by atomic mass is 9.96. The average molecular weight is 425 g/mol. The molecule has 1 aliphatic heterocycles. The van der Waals surface area contributed by atoms with Gasteiger partial charge in [-0.1, -0.05) is 0 Å². The Morgan fingerprint density at radius 2 is 2.10 bits per heavy atom. The number of aromatic nitrogens is 2. The van der Waals surface area contributed by atoms with Crippen LogP contribution in [0.5, 0.6) is 11.5 Å². The van der Waals surface area contributed by atoms with Gasteiger partial charge in [-0.2, -0.15) is 0 Å². The number of nitrogens with zero attached hydrogens (tertiary/aromatic N) is 3. The molecule has 3 heterocycles. The van der Waals surface area contributed by atoms with Gasteiger partial charge in [0.1, 0.15) is 29.4 Å². The van der Waals surface area contributed by atoms with Gasteiger partial charge in [-0.3, -0.25) is 4.79 Å². The second-order valence-corrected chi connectivity index (χ2v) is 7.84. The number of hydrogen-bond acceptors (Lipinski definition) is 7. The zero-order chi connectivity index (χ0) is 22.0. The summed E-state index contributed by atoms with van der Waals surface area (Å²) in [6.45, 7) is 5.82. The first-order valence-corrected chi connectivity index (χ1v) is 10.5. The van der Waals surface area contributed by atoms with Gasteiger partial charge in [0, 0.05) is 36.8 Å². The predicted molar refractivity (Wildman–Crippen MR) is 118 cm³/mol. The highest BCUT2D eigenvalue weighted by molar-refractivity contribution is 5.90. The zero-order valence-corrected chi connectivity index (χ0v) is 18.4. The van der Waals surface area contributed by atoms with E-state index >= 15 is 0 Å². The van der Waals surface area contributed by atoms with E-state index in [9.17, 15) is 4.79 Å². The van der Waals surface area contributed by atoms with E-state index in [-0.39, 0.29) is 11.8 Å². The molecule has 4 rings (SSSR count). The van der Waals surface area contributed by atoms with Crippen molar-refractivity contribution in [3.8, 4) is 11.5 Å². The molecular weight excluding hydrogens is 396 g/mol. The summed E-state index contributed by atoms with van der Waals surface area (Å²) in [4.78, 5) is 23.9. The fourth-order valence-electron chi connectivity index (χ4n) is 4.11. The Bertz CT molecular complexity index is 1090. The maximum Gasteiger partial charge on any atom is 0.231 e. The average Bonchev–Trinajstić information content (AvgIpc) is 3.10. The lowest BCUT2D eigenvalue weighted by Gasteiger charge is -2.33. The third kappa shape index (κ3) is 4.15. The summed E-state index contributed by atoms with van der Waals surface area (Å²) in [5.41, 5.74) is 2.55. The van der Waals surface area contributed by atoms with Crippen LogP contribution < -0.4 is 19.7 Å². The number of ether oxygens (including phenoxy) is 2. The normalized spacial score (nSPS) is 16.4. The first kappa shape index (κ1) is 21.0. The SMILES string of the molecule is COc1ccc(CNC(=O)C2CCCN(c3ncnc4oc(C)c(C)c34)C2)c(OC)c1. The van der Waals surface area contributed by atoms with Gasteiger partial charge < -0.3 is 24.1 Å². The molecule has 1 unspecified atom stereocenters. The molecule has 2 aromatic heterocycles. The smallest absolute Gasteiger partial charge is 0.231 e. The number of carbonyl (C=O) groups excluding carboxylic acids is 1. The molecule has 8 nitrogen and oxygen atoms in total. The highest BCUT2D eigenvalue weighted by Gasteiger charge is 2.28. The number of anilines is 1. The summed E-state index contributed by atoms with van der Waals surface area (Å²) in [6.07, 6.45) is 3.30. The van der Waals surface area contributed by atoms with Crippen LogP contribution in [0, 0.1) is 19.8 Å². The number of methoxy groups -OCH3 is 2. The molecule has 1 atom stereocenters. The van der Waals surface area contributed by atoms with E-state index in [0.29, 0.717) is 24.6 Å². The van der Waals surface area contributed by atoms with Crippen LogP contribution in [0.2, 0.25) is 0 Å². The van der Waals surface area contributed by atoms with Crippen LogP contribution in [0.1, 0.15) is 29.7 Å². The van der Waals surface area contributed by atoms with Crippen LogP contribution in [-0.4, -0.2) is 43.2 Å². The number of rotatable bonds is 6. The van der Waals surface area contributed by atoms with Gasteiger partial charge >= 0.3 is 0 Å². The van der Waals surface area contributed by atoms with Crippen LogP contribution in [0.15, 0.2) is 28.9 Å². The van der Waals surface area contributed by atoms with Gasteiger partial charge in [0.15, 0.2) is 0 Å². The van der Waals surface area contributed by atoms with Gasteiger partial charge in [0.25, 0.3) is 0 Å². The summed E-state index contributed by atoms with van der Waals surface area (Å²) >= 11 is 0. The summed E-state index contributed by atoms with van der Waals surface area (Å²) < 4.78 is 16.4. The lowest BCUT2D eigenvalue weighted by Crippen LogP contribution is -2.43. The van der Waals surface area contributed by atoms with E-state index in [1.54, 1.807) is 14.2 Å². The minimum atomic E-state index is -0.115. The Kier molecular flexibility index (Phi) is 5.97. The van der Waals surface area contributed by atoms with Crippen molar-refractivity contribution in [1.82, 2.24) is 15.3 Å². The van der Waals surface area contributed by atoms with Crippen molar-refractivity contribution in [2.75, 3.05) is 32.2 Å². The fourth-order valence-corrected chi connectivity index (χ4v) is 4.11. The predicted octanol–water partition coefficient (Wildman–Crippen LogP) is 3.39. The number of amides is 1. The van der Waals surface area contributed by atoms with Gasteiger partial charge in [-0.15, -0.1) is 0 Å². The van der Waals surface area contributed by atoms with Crippen molar-refractivity contribution in [2.24, 2.45) is 5.92 Å². The number of benzene rings is 1. The third-order valence-electron chi connectivity index (χ3n) is 5.98.